The minimum Gasteiger partial charge on any atom is -0.481 e. The van der Waals surface area contributed by atoms with E-state index in [-0.39, 0.29) is 24.1 Å². The van der Waals surface area contributed by atoms with E-state index in [2.05, 4.69) is 25.8 Å². The highest BCUT2D eigenvalue weighted by atomic mass is 32.2. The number of aliphatic carboxylic acids is 1. The predicted octanol–water partition coefficient (Wildman–Crippen LogP) is 1.53. The molecular formula is C14H25N3O4S. The van der Waals surface area contributed by atoms with E-state index in [4.69, 9.17) is 5.11 Å². The van der Waals surface area contributed by atoms with Crippen LogP contribution in [0.25, 0.3) is 0 Å². The first-order valence-corrected chi connectivity index (χ1v) is 8.61. The molecule has 0 saturated carbocycles. The topological polar surface area (TPSA) is 92.5 Å². The van der Waals surface area contributed by atoms with Gasteiger partial charge in [0.05, 0.1) is 12.1 Å². The Balaban J connectivity index is 3.22. The van der Waals surface area contributed by atoms with Gasteiger partial charge in [-0.15, -0.1) is 0 Å². The molecule has 0 aliphatic rings. The van der Waals surface area contributed by atoms with E-state index in [1.54, 1.807) is 0 Å². The maximum absolute atomic E-state index is 12.3. The van der Waals surface area contributed by atoms with Crippen LogP contribution in [0.5, 0.6) is 0 Å². The van der Waals surface area contributed by atoms with Crippen LogP contribution in [0.1, 0.15) is 45.1 Å². The summed E-state index contributed by atoms with van der Waals surface area (Å²) in [5.74, 6) is -0.717. The standard InChI is InChI=1S/C14H25N3O4S/c1-6-14(2,3)9-11-10-17(22(20,21)16(4)5)12(15-11)7-8-13(18)19/h10H,6-9H2,1-5H3,(H,18,19). The van der Waals surface area contributed by atoms with Gasteiger partial charge < -0.3 is 5.11 Å². The van der Waals surface area contributed by atoms with Crippen molar-refractivity contribution in [1.82, 2.24) is 13.3 Å². The first kappa shape index (κ1) is 18.6. The van der Waals surface area contributed by atoms with Crippen molar-refractivity contribution < 1.29 is 18.3 Å². The minimum absolute atomic E-state index is 0.00509. The quantitative estimate of drug-likeness (QED) is 0.780. The van der Waals surface area contributed by atoms with Gasteiger partial charge in [-0.1, -0.05) is 27.2 Å². The lowest BCUT2D eigenvalue weighted by Crippen LogP contribution is -2.29. The van der Waals surface area contributed by atoms with Gasteiger partial charge in [-0.25, -0.2) is 8.96 Å². The lowest BCUT2D eigenvalue weighted by molar-refractivity contribution is -0.137. The molecule has 0 aromatic carbocycles. The van der Waals surface area contributed by atoms with Crippen LogP contribution < -0.4 is 0 Å². The largest absolute Gasteiger partial charge is 0.481 e. The summed E-state index contributed by atoms with van der Waals surface area (Å²) in [5, 5.41) is 8.81. The molecule has 1 heterocycles. The van der Waals surface area contributed by atoms with Crippen LogP contribution in [0.2, 0.25) is 0 Å². The van der Waals surface area contributed by atoms with Crippen LogP contribution in [0.15, 0.2) is 6.20 Å². The summed E-state index contributed by atoms with van der Waals surface area (Å²) in [6.45, 7) is 6.24. The Morgan fingerprint density at radius 3 is 2.45 bits per heavy atom. The molecule has 7 nitrogen and oxygen atoms in total. The smallest absolute Gasteiger partial charge is 0.308 e. The normalized spacial score (nSPS) is 12.8. The van der Waals surface area contributed by atoms with Gasteiger partial charge in [0.25, 0.3) is 0 Å². The predicted molar refractivity (Wildman–Crippen MR) is 84.0 cm³/mol. The second kappa shape index (κ2) is 6.78. The van der Waals surface area contributed by atoms with Gasteiger partial charge in [-0.05, 0) is 11.8 Å². The van der Waals surface area contributed by atoms with Crippen molar-refractivity contribution >= 4 is 16.2 Å². The Hall–Kier alpha value is -1.41. The summed E-state index contributed by atoms with van der Waals surface area (Å²) >= 11 is 0. The van der Waals surface area contributed by atoms with Gasteiger partial charge in [0.1, 0.15) is 5.82 Å². The number of carbonyl (C=O) groups is 1. The average Bonchev–Trinajstić information content (AvgIpc) is 2.79. The molecular weight excluding hydrogens is 306 g/mol. The molecule has 1 aromatic heterocycles. The summed E-state index contributed by atoms with van der Waals surface area (Å²) in [6.07, 6.45) is 3.00. The first-order valence-electron chi connectivity index (χ1n) is 7.21. The van der Waals surface area contributed by atoms with E-state index in [1.165, 1.54) is 20.3 Å². The van der Waals surface area contributed by atoms with E-state index in [1.807, 2.05) is 0 Å². The molecule has 0 amide bonds. The van der Waals surface area contributed by atoms with E-state index < -0.39 is 16.2 Å². The molecule has 0 unspecified atom stereocenters. The molecule has 1 aromatic rings. The third kappa shape index (κ3) is 4.54. The third-order valence-electron chi connectivity index (χ3n) is 3.68. The number of carboxylic acids is 1. The van der Waals surface area contributed by atoms with Crippen LogP contribution in [0.3, 0.4) is 0 Å². The summed E-state index contributed by atoms with van der Waals surface area (Å²) < 4.78 is 26.9. The lowest BCUT2D eigenvalue weighted by Gasteiger charge is -2.20. The van der Waals surface area contributed by atoms with E-state index >= 15 is 0 Å². The molecule has 0 fully saturated rings. The number of carboxylic acid groups (broad SMARTS) is 1. The Morgan fingerprint density at radius 1 is 1.41 bits per heavy atom. The summed E-state index contributed by atoms with van der Waals surface area (Å²) in [7, 11) is -0.829. The molecule has 0 saturated heterocycles. The van der Waals surface area contributed by atoms with Crippen LogP contribution in [0.4, 0.5) is 0 Å². The molecule has 126 valence electrons. The first-order chi connectivity index (χ1) is 9.99. The molecule has 0 radical (unpaired) electrons. The Bertz CT molecular complexity index is 633. The highest BCUT2D eigenvalue weighted by molar-refractivity contribution is 7.87. The van der Waals surface area contributed by atoms with Gasteiger partial charge in [-0.2, -0.15) is 12.7 Å². The third-order valence-corrected chi connectivity index (χ3v) is 5.42. The van der Waals surface area contributed by atoms with Crippen molar-refractivity contribution in [2.75, 3.05) is 14.1 Å². The number of imidazole rings is 1. The van der Waals surface area contributed by atoms with Gasteiger partial charge in [0, 0.05) is 26.7 Å². The number of rotatable bonds is 8. The summed E-state index contributed by atoms with van der Waals surface area (Å²) in [6, 6.07) is 0. The van der Waals surface area contributed by atoms with Crippen LogP contribution in [0, 0.1) is 5.41 Å². The number of aryl methyl sites for hydroxylation is 1. The number of hydrogen-bond donors (Lipinski definition) is 1. The fourth-order valence-corrected chi connectivity index (χ4v) is 2.92. The fraction of sp³-hybridized carbons (Fsp3) is 0.714. The number of nitrogens with zero attached hydrogens (tertiary/aromatic N) is 3. The van der Waals surface area contributed by atoms with Gasteiger partial charge in [-0.3, -0.25) is 4.79 Å². The summed E-state index contributed by atoms with van der Waals surface area (Å²) in [4.78, 5) is 15.1. The Kier molecular flexibility index (Phi) is 5.75. The summed E-state index contributed by atoms with van der Waals surface area (Å²) in [5.41, 5.74) is 0.670. The molecule has 0 spiro atoms. The average molecular weight is 331 g/mol. The Morgan fingerprint density at radius 2 is 2.00 bits per heavy atom. The fourth-order valence-electron chi connectivity index (χ4n) is 1.91. The molecule has 8 heteroatoms. The van der Waals surface area contributed by atoms with Gasteiger partial charge in [0.15, 0.2) is 0 Å². The van der Waals surface area contributed by atoms with E-state index in [0.29, 0.717) is 12.1 Å². The van der Waals surface area contributed by atoms with Crippen LogP contribution >= 0.6 is 0 Å². The second-order valence-corrected chi connectivity index (χ2v) is 8.34. The zero-order valence-electron chi connectivity index (χ0n) is 13.8. The zero-order chi connectivity index (χ0) is 17.1. The second-order valence-electron chi connectivity index (χ2n) is 6.32. The highest BCUT2D eigenvalue weighted by Gasteiger charge is 2.25. The van der Waals surface area contributed by atoms with Gasteiger partial charge >= 0.3 is 16.2 Å². The Labute approximate surface area is 132 Å². The zero-order valence-corrected chi connectivity index (χ0v) is 14.6. The lowest BCUT2D eigenvalue weighted by atomic mass is 9.85. The molecule has 0 aliphatic heterocycles. The van der Waals surface area contributed by atoms with Crippen molar-refractivity contribution in [2.24, 2.45) is 5.41 Å². The van der Waals surface area contributed by atoms with Crippen LogP contribution in [-0.2, 0) is 27.8 Å². The molecule has 0 bridgehead atoms. The van der Waals surface area contributed by atoms with Crippen molar-refractivity contribution in [3.63, 3.8) is 0 Å². The molecule has 22 heavy (non-hydrogen) atoms. The van der Waals surface area contributed by atoms with Crippen LogP contribution in [-0.4, -0.2) is 46.9 Å². The van der Waals surface area contributed by atoms with Crippen molar-refractivity contribution in [1.29, 1.82) is 0 Å². The highest BCUT2D eigenvalue weighted by Crippen LogP contribution is 2.25. The van der Waals surface area contributed by atoms with Crippen molar-refractivity contribution in [3.05, 3.63) is 17.7 Å². The monoisotopic (exact) mass is 331 g/mol. The number of aromatic nitrogens is 2. The molecule has 1 N–H and O–H groups in total. The molecule has 1 rings (SSSR count). The minimum atomic E-state index is -3.70. The van der Waals surface area contributed by atoms with Crippen molar-refractivity contribution in [3.8, 4) is 0 Å². The number of hydrogen-bond acceptors (Lipinski definition) is 4. The maximum atomic E-state index is 12.3. The molecule has 0 atom stereocenters. The van der Waals surface area contributed by atoms with E-state index in [0.717, 1.165) is 14.7 Å². The SMILES string of the molecule is CCC(C)(C)Cc1cn(S(=O)(=O)N(C)C)c(CCC(=O)O)n1. The maximum Gasteiger partial charge on any atom is 0.308 e. The van der Waals surface area contributed by atoms with Gasteiger partial charge in [0.2, 0.25) is 0 Å². The molecule has 0 aliphatic carbocycles. The van der Waals surface area contributed by atoms with E-state index in [9.17, 15) is 13.2 Å². The van der Waals surface area contributed by atoms with Crippen molar-refractivity contribution in [2.45, 2.75) is 46.5 Å².